The van der Waals surface area contributed by atoms with Crippen molar-refractivity contribution in [2.24, 2.45) is 11.0 Å². The first-order valence-electron chi connectivity index (χ1n) is 11.8. The summed E-state index contributed by atoms with van der Waals surface area (Å²) in [6, 6.07) is 7.70. The van der Waals surface area contributed by atoms with Crippen LogP contribution in [0, 0.1) is 5.92 Å². The Labute approximate surface area is 217 Å². The number of ether oxygens (including phenoxy) is 3. The molecule has 0 spiro atoms. The summed E-state index contributed by atoms with van der Waals surface area (Å²) in [7, 11) is 2.76. The van der Waals surface area contributed by atoms with E-state index in [2.05, 4.69) is 19.7 Å². The van der Waals surface area contributed by atoms with E-state index in [0.717, 1.165) is 31.6 Å². The maximum Gasteiger partial charge on any atom is 0.431 e. The van der Waals surface area contributed by atoms with Crippen molar-refractivity contribution in [3.63, 3.8) is 0 Å². The molecule has 8 nitrogen and oxygen atoms in total. The summed E-state index contributed by atoms with van der Waals surface area (Å²) in [6.07, 6.45) is -1.76. The zero-order valence-corrected chi connectivity index (χ0v) is 21.4. The van der Waals surface area contributed by atoms with Gasteiger partial charge in [-0.3, -0.25) is 9.80 Å². The van der Waals surface area contributed by atoms with Gasteiger partial charge in [-0.15, -0.1) is 0 Å². The number of carbonyl (C=O) groups is 1. The van der Waals surface area contributed by atoms with E-state index < -0.39 is 29.8 Å². The van der Waals surface area contributed by atoms with Crippen molar-refractivity contribution in [1.29, 1.82) is 0 Å². The number of methoxy groups -OCH3 is 2. The number of hydrogen-bond acceptors (Lipinski definition) is 8. The molecule has 1 fully saturated rings. The summed E-state index contributed by atoms with van der Waals surface area (Å²) in [4.78, 5) is 18.1. The Balaban J connectivity index is 1.41. The summed E-state index contributed by atoms with van der Waals surface area (Å²) in [5.74, 6) is -0.499. The molecule has 3 heterocycles. The second kappa shape index (κ2) is 11.0. The van der Waals surface area contributed by atoms with Gasteiger partial charge in [-0.25, -0.2) is 4.98 Å². The number of aromatic nitrogens is 1. The molecule has 0 aliphatic carbocycles. The van der Waals surface area contributed by atoms with E-state index in [4.69, 9.17) is 21.1 Å². The van der Waals surface area contributed by atoms with E-state index in [1.807, 2.05) is 6.07 Å². The number of esters is 1. The van der Waals surface area contributed by atoms with E-state index in [9.17, 15) is 18.0 Å². The lowest BCUT2D eigenvalue weighted by atomic mass is 9.94. The molecule has 0 unspecified atom stereocenters. The van der Waals surface area contributed by atoms with Gasteiger partial charge >= 0.3 is 12.1 Å². The molecule has 1 aromatic heterocycles. The maximum atomic E-state index is 13.5. The van der Waals surface area contributed by atoms with Gasteiger partial charge in [0.2, 0.25) is 5.88 Å². The lowest BCUT2D eigenvalue weighted by Gasteiger charge is -2.34. The smallest absolute Gasteiger partial charge is 0.431 e. The standard InChI is InChI=1S/C25H28ClF3N4O4/c1-15-20(13-23(34)36-3)33(31-24(15)25(27,28)29)16-4-6-17(7-5-16)37-18-8-10-32(11-9-18)21-12-22(35-2)30-14-19(21)26/h4-7,12,14-15,18,20H,8-11,13H2,1-3H3/t15-,20-/m0/s1. The van der Waals surface area contributed by atoms with Crippen LogP contribution in [0.25, 0.3) is 0 Å². The van der Waals surface area contributed by atoms with Crippen LogP contribution < -0.4 is 19.4 Å². The zero-order valence-electron chi connectivity index (χ0n) is 20.7. The predicted octanol–water partition coefficient (Wildman–Crippen LogP) is 5.10. The van der Waals surface area contributed by atoms with Crippen LogP contribution in [0.5, 0.6) is 11.6 Å². The van der Waals surface area contributed by atoms with Crippen molar-refractivity contribution in [2.75, 3.05) is 37.2 Å². The van der Waals surface area contributed by atoms with Crippen molar-refractivity contribution in [3.8, 4) is 11.6 Å². The zero-order chi connectivity index (χ0) is 26.7. The number of carbonyl (C=O) groups excluding carboxylic acids is 1. The number of piperidine rings is 1. The third-order valence-electron chi connectivity index (χ3n) is 6.64. The SMILES string of the molecule is COC(=O)C[C@H]1[C@H](C)C(C(F)(F)F)=NN1c1ccc(OC2CCN(c3cc(OC)ncc3Cl)CC2)cc1. The minimum atomic E-state index is -4.59. The van der Waals surface area contributed by atoms with Crippen molar-refractivity contribution in [2.45, 2.75) is 44.5 Å². The Hall–Kier alpha value is -3.21. The fourth-order valence-corrected chi connectivity index (χ4v) is 4.83. The first-order valence-corrected chi connectivity index (χ1v) is 12.2. The van der Waals surface area contributed by atoms with Crippen LogP contribution in [0.2, 0.25) is 5.02 Å². The van der Waals surface area contributed by atoms with Crippen molar-refractivity contribution in [3.05, 3.63) is 41.6 Å². The summed E-state index contributed by atoms with van der Waals surface area (Å²) >= 11 is 6.32. The highest BCUT2D eigenvalue weighted by molar-refractivity contribution is 6.33. The third kappa shape index (κ3) is 6.03. The second-order valence-electron chi connectivity index (χ2n) is 8.94. The summed E-state index contributed by atoms with van der Waals surface area (Å²) in [6.45, 7) is 2.87. The van der Waals surface area contributed by atoms with Crippen LogP contribution in [0.3, 0.4) is 0 Å². The number of pyridine rings is 1. The largest absolute Gasteiger partial charge is 0.490 e. The molecule has 2 aromatic rings. The summed E-state index contributed by atoms with van der Waals surface area (Å²) in [5, 5.41) is 5.63. The number of hydrazone groups is 1. The Bertz CT molecular complexity index is 1140. The maximum absolute atomic E-state index is 13.5. The number of alkyl halides is 3. The molecule has 200 valence electrons. The Morgan fingerprint density at radius 1 is 1.16 bits per heavy atom. The topological polar surface area (TPSA) is 76.5 Å². The quantitative estimate of drug-likeness (QED) is 0.452. The van der Waals surface area contributed by atoms with Gasteiger partial charge in [-0.05, 0) is 24.3 Å². The molecular weight excluding hydrogens is 513 g/mol. The van der Waals surface area contributed by atoms with Gasteiger partial charge in [-0.1, -0.05) is 18.5 Å². The van der Waals surface area contributed by atoms with Crippen LogP contribution in [0.1, 0.15) is 26.2 Å². The molecule has 12 heteroatoms. The van der Waals surface area contributed by atoms with Crippen LogP contribution in [-0.4, -0.2) is 62.3 Å². The van der Waals surface area contributed by atoms with Gasteiger partial charge in [0.1, 0.15) is 17.6 Å². The number of rotatable bonds is 7. The lowest BCUT2D eigenvalue weighted by molar-refractivity contribution is -0.141. The van der Waals surface area contributed by atoms with Gasteiger partial charge < -0.3 is 19.1 Å². The van der Waals surface area contributed by atoms with Gasteiger partial charge in [0, 0.05) is 37.9 Å². The number of halogens is 4. The number of hydrogen-bond donors (Lipinski definition) is 0. The van der Waals surface area contributed by atoms with Crippen LogP contribution in [0.4, 0.5) is 24.5 Å². The van der Waals surface area contributed by atoms with Crippen molar-refractivity contribution < 1.29 is 32.2 Å². The molecule has 1 saturated heterocycles. The molecule has 0 N–H and O–H groups in total. The van der Waals surface area contributed by atoms with Crippen LogP contribution in [0.15, 0.2) is 41.6 Å². The minimum Gasteiger partial charge on any atom is -0.490 e. The highest BCUT2D eigenvalue weighted by Gasteiger charge is 2.48. The van der Waals surface area contributed by atoms with E-state index in [1.165, 1.54) is 19.0 Å². The van der Waals surface area contributed by atoms with Gasteiger partial charge in [0.25, 0.3) is 0 Å². The molecule has 0 bridgehead atoms. The van der Waals surface area contributed by atoms with Gasteiger partial charge in [-0.2, -0.15) is 18.3 Å². The fraction of sp³-hybridized carbons (Fsp3) is 0.480. The Morgan fingerprint density at radius 3 is 2.43 bits per heavy atom. The van der Waals surface area contributed by atoms with E-state index >= 15 is 0 Å². The van der Waals surface area contributed by atoms with Crippen LogP contribution in [-0.2, 0) is 9.53 Å². The number of benzene rings is 1. The van der Waals surface area contributed by atoms with Gasteiger partial charge in [0.05, 0.1) is 49.3 Å². The van der Waals surface area contributed by atoms with Crippen molar-refractivity contribution >= 4 is 34.7 Å². The molecular formula is C25H28ClF3N4O4. The van der Waals surface area contributed by atoms with E-state index in [1.54, 1.807) is 37.6 Å². The minimum absolute atomic E-state index is 0.0293. The first-order chi connectivity index (χ1) is 17.6. The highest BCUT2D eigenvalue weighted by Crippen LogP contribution is 2.37. The van der Waals surface area contributed by atoms with Crippen LogP contribution >= 0.6 is 11.6 Å². The number of nitrogens with zero attached hydrogens (tertiary/aromatic N) is 4. The van der Waals surface area contributed by atoms with E-state index in [-0.39, 0.29) is 12.5 Å². The van der Waals surface area contributed by atoms with E-state index in [0.29, 0.717) is 22.3 Å². The Kier molecular flexibility index (Phi) is 8.01. The van der Waals surface area contributed by atoms with Crippen molar-refractivity contribution in [1.82, 2.24) is 4.98 Å². The summed E-state index contributed by atoms with van der Waals surface area (Å²) < 4.78 is 56.5. The normalized spacial score (nSPS) is 20.6. The molecule has 1 aromatic carbocycles. The Morgan fingerprint density at radius 2 is 1.84 bits per heavy atom. The first kappa shape index (κ1) is 26.8. The average molecular weight is 541 g/mol. The molecule has 4 rings (SSSR count). The molecule has 2 atom stereocenters. The molecule has 2 aliphatic heterocycles. The number of anilines is 2. The fourth-order valence-electron chi connectivity index (χ4n) is 4.60. The molecule has 0 saturated carbocycles. The monoisotopic (exact) mass is 540 g/mol. The molecule has 37 heavy (non-hydrogen) atoms. The molecule has 0 radical (unpaired) electrons. The molecule has 0 amide bonds. The van der Waals surface area contributed by atoms with Gasteiger partial charge in [0.15, 0.2) is 0 Å². The lowest BCUT2D eigenvalue weighted by Crippen LogP contribution is -2.38. The average Bonchev–Trinajstić information content (AvgIpc) is 3.21. The predicted molar refractivity (Wildman–Crippen MR) is 134 cm³/mol. The third-order valence-corrected chi connectivity index (χ3v) is 6.93. The molecule has 2 aliphatic rings. The summed E-state index contributed by atoms with van der Waals surface area (Å²) in [5.41, 5.74) is 0.375. The second-order valence-corrected chi connectivity index (χ2v) is 9.35. The highest BCUT2D eigenvalue weighted by atomic mass is 35.5.